The summed E-state index contributed by atoms with van der Waals surface area (Å²) in [6, 6.07) is 21.3. The SMILES string of the molecule is CCOC1(OCC)N=C(N)C2(C#N)C3(C(=O)N(Cc4ccccc4)c4ccccc43)C12C#N. The molecule has 1 spiro atoms. The van der Waals surface area contributed by atoms with Crippen LogP contribution in [-0.2, 0) is 26.2 Å². The second-order valence-corrected chi connectivity index (χ2v) is 8.31. The van der Waals surface area contributed by atoms with Gasteiger partial charge in [0.15, 0.2) is 10.8 Å². The molecule has 3 atom stereocenters. The zero-order valence-corrected chi connectivity index (χ0v) is 18.4. The van der Waals surface area contributed by atoms with Crippen LogP contribution in [0.2, 0.25) is 0 Å². The molecule has 2 N–H and O–H groups in total. The highest BCUT2D eigenvalue weighted by Crippen LogP contribution is 2.87. The number of rotatable bonds is 6. The maximum Gasteiger partial charge on any atom is 0.294 e. The molecule has 2 aliphatic heterocycles. The topological polar surface area (TPSA) is 125 Å². The van der Waals surface area contributed by atoms with E-state index in [-0.39, 0.29) is 31.5 Å². The molecule has 1 saturated carbocycles. The Bertz CT molecular complexity index is 1260. The summed E-state index contributed by atoms with van der Waals surface area (Å²) in [5.41, 5.74) is 3.43. The van der Waals surface area contributed by atoms with E-state index in [9.17, 15) is 15.3 Å². The molecule has 1 aliphatic carbocycles. The number of nitriles is 2. The van der Waals surface area contributed by atoms with E-state index in [1.165, 1.54) is 0 Å². The number of carbonyl (C=O) groups is 1. The van der Waals surface area contributed by atoms with Gasteiger partial charge in [0.1, 0.15) is 11.3 Å². The second kappa shape index (κ2) is 6.89. The van der Waals surface area contributed by atoms with Crippen molar-refractivity contribution in [2.24, 2.45) is 21.6 Å². The number of para-hydroxylation sites is 1. The Morgan fingerprint density at radius 1 is 1.00 bits per heavy atom. The number of nitrogens with two attached hydrogens (primary N) is 1. The Balaban J connectivity index is 1.78. The van der Waals surface area contributed by atoms with Crippen LogP contribution in [0.3, 0.4) is 0 Å². The van der Waals surface area contributed by atoms with Crippen LogP contribution in [-0.4, -0.2) is 30.9 Å². The molecule has 8 heteroatoms. The highest BCUT2D eigenvalue weighted by molar-refractivity contribution is 6.21. The number of carbonyl (C=O) groups excluding carboxylic acids is 1. The number of benzene rings is 2. The van der Waals surface area contributed by atoms with Gasteiger partial charge in [-0.25, -0.2) is 4.99 Å². The first kappa shape index (κ1) is 21.1. The first-order valence-corrected chi connectivity index (χ1v) is 10.9. The van der Waals surface area contributed by atoms with Crippen molar-refractivity contribution >= 4 is 17.4 Å². The maximum atomic E-state index is 14.3. The number of amidine groups is 1. The summed E-state index contributed by atoms with van der Waals surface area (Å²) in [5, 5.41) is 21.2. The molecule has 1 fully saturated rings. The zero-order valence-electron chi connectivity index (χ0n) is 18.4. The summed E-state index contributed by atoms with van der Waals surface area (Å²) >= 11 is 0. The summed E-state index contributed by atoms with van der Waals surface area (Å²) in [6.45, 7) is 4.08. The highest BCUT2D eigenvalue weighted by Gasteiger charge is 3.05. The van der Waals surface area contributed by atoms with Crippen molar-refractivity contribution in [3.8, 4) is 12.1 Å². The maximum absolute atomic E-state index is 14.3. The number of fused-ring (bicyclic) bond motifs is 5. The number of hydrogen-bond acceptors (Lipinski definition) is 7. The molecular formula is C25H23N5O3. The molecule has 1 amide bonds. The predicted molar refractivity (Wildman–Crippen MR) is 119 cm³/mol. The van der Waals surface area contributed by atoms with Gasteiger partial charge in [-0.15, -0.1) is 0 Å². The number of anilines is 1. The average Bonchev–Trinajstić information content (AvgIpc) is 3.24. The van der Waals surface area contributed by atoms with Gasteiger partial charge in [0.05, 0.1) is 18.7 Å². The Labute approximate surface area is 191 Å². The van der Waals surface area contributed by atoms with Gasteiger partial charge in [-0.05, 0) is 31.0 Å². The molecule has 33 heavy (non-hydrogen) atoms. The summed E-state index contributed by atoms with van der Waals surface area (Å²) in [6.07, 6.45) is 0. The monoisotopic (exact) mass is 441 g/mol. The van der Waals surface area contributed by atoms with Gasteiger partial charge in [0, 0.05) is 18.9 Å². The minimum Gasteiger partial charge on any atom is -0.386 e. The van der Waals surface area contributed by atoms with Crippen molar-refractivity contribution in [1.29, 1.82) is 10.5 Å². The molecule has 2 heterocycles. The molecular weight excluding hydrogens is 418 g/mol. The molecule has 0 bridgehead atoms. The summed E-state index contributed by atoms with van der Waals surface area (Å²) in [7, 11) is 0. The van der Waals surface area contributed by atoms with Crippen molar-refractivity contribution < 1.29 is 14.3 Å². The van der Waals surface area contributed by atoms with Crippen LogP contribution in [0.4, 0.5) is 5.69 Å². The lowest BCUT2D eigenvalue weighted by Gasteiger charge is -2.33. The predicted octanol–water partition coefficient (Wildman–Crippen LogP) is 2.60. The third-order valence-electron chi connectivity index (χ3n) is 7.11. The molecule has 5 rings (SSSR count). The van der Waals surface area contributed by atoms with Crippen LogP contribution in [0, 0.1) is 33.5 Å². The van der Waals surface area contributed by atoms with Crippen molar-refractivity contribution in [2.45, 2.75) is 31.7 Å². The smallest absolute Gasteiger partial charge is 0.294 e. The molecule has 0 radical (unpaired) electrons. The number of hydrogen-bond donors (Lipinski definition) is 1. The summed E-state index contributed by atoms with van der Waals surface area (Å²) in [5.74, 6) is -2.35. The standard InChI is InChI=1S/C25H23N5O3/c1-3-32-25(33-4-2)23(16-27)22(15-26,20(28)29-25)24(23)18-12-8-9-13-19(18)30(21(24)31)14-17-10-6-5-7-11-17/h5-13H,3-4,14H2,1-2H3,(H2,28,29). The van der Waals surface area contributed by atoms with Crippen molar-refractivity contribution in [1.82, 2.24) is 0 Å². The Hall–Kier alpha value is -3.72. The molecule has 0 saturated heterocycles. The fourth-order valence-electron chi connectivity index (χ4n) is 6.03. The van der Waals surface area contributed by atoms with Gasteiger partial charge >= 0.3 is 0 Å². The van der Waals surface area contributed by atoms with Crippen LogP contribution in [0.25, 0.3) is 0 Å². The van der Waals surface area contributed by atoms with Crippen LogP contribution in [0.1, 0.15) is 25.0 Å². The van der Waals surface area contributed by atoms with Crippen LogP contribution < -0.4 is 10.6 Å². The molecule has 166 valence electrons. The average molecular weight is 441 g/mol. The van der Waals surface area contributed by atoms with Gasteiger partial charge in [-0.1, -0.05) is 48.5 Å². The lowest BCUT2D eigenvalue weighted by Crippen LogP contribution is -2.49. The van der Waals surface area contributed by atoms with Gasteiger partial charge in [0.25, 0.3) is 5.91 Å². The van der Waals surface area contributed by atoms with E-state index in [4.69, 9.17) is 15.2 Å². The Morgan fingerprint density at radius 3 is 2.24 bits per heavy atom. The van der Waals surface area contributed by atoms with E-state index < -0.39 is 22.2 Å². The highest BCUT2D eigenvalue weighted by atomic mass is 16.7. The van der Waals surface area contributed by atoms with Crippen molar-refractivity contribution in [3.63, 3.8) is 0 Å². The number of nitrogens with zero attached hydrogens (tertiary/aromatic N) is 4. The quantitative estimate of drug-likeness (QED) is 0.687. The lowest BCUT2D eigenvalue weighted by molar-refractivity contribution is -0.257. The minimum absolute atomic E-state index is 0.113. The van der Waals surface area contributed by atoms with Gasteiger partial charge < -0.3 is 20.1 Å². The van der Waals surface area contributed by atoms with E-state index in [1.54, 1.807) is 30.9 Å². The van der Waals surface area contributed by atoms with Crippen LogP contribution in [0.5, 0.6) is 0 Å². The van der Waals surface area contributed by atoms with Gasteiger partial charge in [-0.3, -0.25) is 4.79 Å². The van der Waals surface area contributed by atoms with Crippen LogP contribution in [0.15, 0.2) is 59.6 Å². The van der Waals surface area contributed by atoms with E-state index in [0.717, 1.165) is 5.56 Å². The molecule has 3 aliphatic rings. The van der Waals surface area contributed by atoms with E-state index in [1.807, 2.05) is 42.5 Å². The van der Waals surface area contributed by atoms with Crippen molar-refractivity contribution in [2.75, 3.05) is 18.1 Å². The zero-order chi connectivity index (χ0) is 23.5. The molecule has 0 aromatic heterocycles. The largest absolute Gasteiger partial charge is 0.386 e. The fraction of sp³-hybridized carbons (Fsp3) is 0.360. The third-order valence-corrected chi connectivity index (χ3v) is 7.11. The Morgan fingerprint density at radius 2 is 1.64 bits per heavy atom. The van der Waals surface area contributed by atoms with E-state index in [0.29, 0.717) is 11.3 Å². The molecule has 2 aromatic carbocycles. The molecule has 2 aromatic rings. The van der Waals surface area contributed by atoms with Crippen molar-refractivity contribution in [3.05, 3.63) is 65.7 Å². The normalized spacial score (nSPS) is 30.4. The minimum atomic E-state index is -1.86. The first-order chi connectivity index (χ1) is 16.0. The Kier molecular flexibility index (Phi) is 4.41. The number of aliphatic imine (C=N–C) groups is 1. The summed E-state index contributed by atoms with van der Waals surface area (Å²) < 4.78 is 11.9. The van der Waals surface area contributed by atoms with Gasteiger partial charge in [0.2, 0.25) is 5.91 Å². The number of ether oxygens (including phenoxy) is 2. The number of amides is 1. The lowest BCUT2D eigenvalue weighted by atomic mass is 9.84. The van der Waals surface area contributed by atoms with E-state index in [2.05, 4.69) is 17.1 Å². The van der Waals surface area contributed by atoms with E-state index >= 15 is 0 Å². The van der Waals surface area contributed by atoms with Gasteiger partial charge in [-0.2, -0.15) is 10.5 Å². The van der Waals surface area contributed by atoms with Crippen LogP contribution >= 0.6 is 0 Å². The fourth-order valence-corrected chi connectivity index (χ4v) is 6.03. The summed E-state index contributed by atoms with van der Waals surface area (Å²) in [4.78, 5) is 20.3. The third kappa shape index (κ3) is 2.02. The first-order valence-electron chi connectivity index (χ1n) is 10.9. The molecule has 8 nitrogen and oxygen atoms in total. The molecule has 3 unspecified atom stereocenters. The second-order valence-electron chi connectivity index (χ2n) is 8.31.